The fraction of sp³-hybridized carbons (Fsp3) is 0.578. The first kappa shape index (κ1) is 89.4. The molecule has 5 heterocycles. The second-order valence-electron chi connectivity index (χ2n) is 17.6. The SMILES string of the molecule is C1CN=C2NCCCN2C1.CI.COC(=O)c1nc(OC)c(C(F)(F)F)cc1Br.COc1nc(C(=O)NC[C@](C)(O)C(F)(F)F)c(Br)cc1C(F)(F)F.COc1nc(C(=O)NC[C@](C)(O)C(F)(F)F)c(N)cc1C(F)(F)F.C[C@](O)(CN)C(F)(F)F.[I][V]([I])[I]. The molecular formula is C45H55Br2F18I4N10O10V. The minimum atomic E-state index is -5.03. The van der Waals surface area contributed by atoms with Gasteiger partial charge in [-0.05, 0) is 88.6 Å². The zero-order valence-corrected chi connectivity index (χ0v) is 60.4. The third-order valence-electron chi connectivity index (χ3n) is 10.7. The number of rotatable bonds is 11. The van der Waals surface area contributed by atoms with E-state index in [2.05, 4.69) is 169 Å². The van der Waals surface area contributed by atoms with E-state index in [9.17, 15) is 104 Å². The molecule has 1 saturated heterocycles. The third-order valence-corrected chi connectivity index (χ3v) is 11.9. The van der Waals surface area contributed by atoms with E-state index in [0.29, 0.717) is 32.9 Å². The number of amides is 2. The Bertz CT molecular complexity index is 2720. The number of fused-ring (bicyclic) bond motifs is 1. The van der Waals surface area contributed by atoms with E-state index in [4.69, 9.17) is 10.8 Å². The Kier molecular flexibility index (Phi) is 38.0. The summed E-state index contributed by atoms with van der Waals surface area (Å²) in [6.45, 7) is 2.72. The summed E-state index contributed by atoms with van der Waals surface area (Å²) in [5.74, 6) is -4.81. The summed E-state index contributed by atoms with van der Waals surface area (Å²) in [5.41, 5.74) is -5.35. The van der Waals surface area contributed by atoms with Crippen LogP contribution in [0.3, 0.4) is 0 Å². The van der Waals surface area contributed by atoms with E-state index in [-0.39, 0.29) is 15.1 Å². The number of nitrogens with one attached hydrogen (secondary N) is 3. The van der Waals surface area contributed by atoms with Gasteiger partial charge in [-0.15, -0.1) is 0 Å². The molecule has 2 aliphatic heterocycles. The molecule has 2 amide bonds. The zero-order valence-electron chi connectivity index (χ0n) is 47.2. The third kappa shape index (κ3) is 29.6. The normalized spacial score (nSPS) is 15.2. The number of methoxy groups -OCH3 is 4. The number of carbonyl (C=O) groups excluding carboxylic acids is 3. The number of hydrogen-bond donors (Lipinski definition) is 8. The second kappa shape index (κ2) is 38.2. The number of esters is 1. The molecule has 0 saturated carbocycles. The van der Waals surface area contributed by atoms with E-state index < -0.39 is 147 Å². The molecular weight excluding hydrogens is 1900 g/mol. The monoisotopic (exact) mass is 1950 g/mol. The van der Waals surface area contributed by atoms with Crippen LogP contribution in [0.25, 0.3) is 0 Å². The van der Waals surface area contributed by atoms with Gasteiger partial charge in [0.05, 0.1) is 51.7 Å². The summed E-state index contributed by atoms with van der Waals surface area (Å²) >= 11 is 15.1. The molecule has 90 heavy (non-hydrogen) atoms. The summed E-state index contributed by atoms with van der Waals surface area (Å²) in [7, 11) is 3.89. The Balaban J connectivity index is 0. The predicted molar refractivity (Wildman–Crippen MR) is 325 cm³/mol. The van der Waals surface area contributed by atoms with E-state index in [1.54, 1.807) is 10.6 Å². The number of nitrogens with zero attached hydrogens (tertiary/aromatic N) is 5. The van der Waals surface area contributed by atoms with Gasteiger partial charge in [-0.2, -0.15) is 79.0 Å². The van der Waals surface area contributed by atoms with Crippen LogP contribution >= 0.6 is 114 Å². The van der Waals surface area contributed by atoms with Crippen LogP contribution in [0.1, 0.15) is 81.8 Å². The first-order valence-electron chi connectivity index (χ1n) is 23.7. The number of aliphatic hydroxyl groups is 3. The topological polar surface area (TPSA) is 291 Å². The van der Waals surface area contributed by atoms with Gasteiger partial charge in [-0.1, -0.05) is 22.6 Å². The molecule has 5 rings (SSSR count). The molecule has 0 aromatic carbocycles. The fourth-order valence-corrected chi connectivity index (χ4v) is 6.59. The number of alkyl halides is 19. The number of guanidine groups is 1. The summed E-state index contributed by atoms with van der Waals surface area (Å²) in [6.07, 6.45) is -26.5. The van der Waals surface area contributed by atoms with Crippen molar-refractivity contribution in [3.8, 4) is 17.6 Å². The quantitative estimate of drug-likeness (QED) is 0.0383. The molecule has 20 nitrogen and oxygen atoms in total. The zero-order chi connectivity index (χ0) is 71.2. The van der Waals surface area contributed by atoms with Crippen LogP contribution in [0, 0.1) is 0 Å². The number of nitrogen functional groups attached to an aromatic ring is 1. The number of pyridine rings is 3. The molecule has 0 radical (unpaired) electrons. The van der Waals surface area contributed by atoms with Crippen LogP contribution in [0.4, 0.5) is 84.7 Å². The number of aromatic nitrogens is 3. The molecule has 1 fully saturated rings. The van der Waals surface area contributed by atoms with Crippen LogP contribution in [0.5, 0.6) is 17.6 Å². The van der Waals surface area contributed by atoms with Gasteiger partial charge in [0.1, 0.15) is 22.4 Å². The molecule has 0 spiro atoms. The number of anilines is 1. The van der Waals surface area contributed by atoms with E-state index in [1.165, 1.54) is 25.9 Å². The number of halogens is 24. The maximum atomic E-state index is 12.8. The fourth-order valence-electron chi connectivity index (χ4n) is 5.61. The summed E-state index contributed by atoms with van der Waals surface area (Å²) < 4.78 is 241. The van der Waals surface area contributed by atoms with Gasteiger partial charge < -0.3 is 66.6 Å². The Morgan fingerprint density at radius 2 is 0.944 bits per heavy atom. The van der Waals surface area contributed by atoms with Crippen molar-refractivity contribution < 1.29 is 133 Å². The van der Waals surface area contributed by atoms with Crippen molar-refractivity contribution in [2.75, 3.05) is 84.9 Å². The number of hydrogen-bond acceptors (Lipinski definition) is 18. The molecule has 518 valence electrons. The van der Waals surface area contributed by atoms with Crippen molar-refractivity contribution in [1.82, 2.24) is 35.8 Å². The molecule has 0 aliphatic carbocycles. The van der Waals surface area contributed by atoms with Gasteiger partial charge in [0.15, 0.2) is 34.2 Å². The van der Waals surface area contributed by atoms with Crippen LogP contribution in [-0.4, -0.2) is 173 Å². The van der Waals surface area contributed by atoms with E-state index >= 15 is 0 Å². The Morgan fingerprint density at radius 3 is 1.27 bits per heavy atom. The second-order valence-corrected chi connectivity index (χ2v) is 54.7. The van der Waals surface area contributed by atoms with Gasteiger partial charge in [0.2, 0.25) is 17.6 Å². The first-order valence-corrected chi connectivity index (χ1v) is 40.9. The van der Waals surface area contributed by atoms with Gasteiger partial charge in [0, 0.05) is 37.2 Å². The molecule has 0 unspecified atom stereocenters. The van der Waals surface area contributed by atoms with Crippen molar-refractivity contribution in [3.63, 3.8) is 0 Å². The Morgan fingerprint density at radius 1 is 0.611 bits per heavy atom. The first-order chi connectivity index (χ1) is 40.7. The van der Waals surface area contributed by atoms with Gasteiger partial charge >= 0.3 is 108 Å². The van der Waals surface area contributed by atoms with Crippen LogP contribution in [0.15, 0.2) is 32.1 Å². The van der Waals surface area contributed by atoms with Crippen molar-refractivity contribution in [1.29, 1.82) is 0 Å². The number of ether oxygens (including phenoxy) is 4. The van der Waals surface area contributed by atoms with Crippen LogP contribution < -0.4 is 41.6 Å². The van der Waals surface area contributed by atoms with Crippen molar-refractivity contribution in [2.24, 2.45) is 10.7 Å². The summed E-state index contributed by atoms with van der Waals surface area (Å²) in [5, 5.41) is 33.6. The van der Waals surface area contributed by atoms with Crippen molar-refractivity contribution in [3.05, 3.63) is 60.9 Å². The maximum absolute atomic E-state index is 12.8. The van der Waals surface area contributed by atoms with Crippen molar-refractivity contribution >= 4 is 144 Å². The van der Waals surface area contributed by atoms with Gasteiger partial charge in [-0.3, -0.25) is 14.6 Å². The predicted octanol–water partition coefficient (Wildman–Crippen LogP) is 11.3. The van der Waals surface area contributed by atoms with Gasteiger partial charge in [0.25, 0.3) is 11.8 Å². The average Bonchev–Trinajstić information content (AvgIpc) is 1.45. The Hall–Kier alpha value is -2.63. The Labute approximate surface area is 568 Å². The molecule has 3 aromatic rings. The standard InChI is InChI=1S/C12H11BrF6N2O3.C12H13F6N3O3.C9H7BrF3NO3.C7H13N3.C4H8F3NO.CH3I.3HI.V/c1-10(23,12(17,18)19)4-20-8(22)7-6(13)3-5(11(14,15)16)9(21-7)24-2;1-10(23,12(16,17)18)4-20-8(22)7-6(19)3-5(11(13,14)15)9(21-7)24-2;1-16-7-4(9(11,12)13)3-5(10)6(14-7)8(15)17-2;1-3-8-7-9-4-2-6-10(7)5-1;1-3(9,2-8)4(5,6)7;1-2;;;;/h3,23H,4H2,1-2H3,(H,20,22);3,23H,4,19H2,1-2H3,(H,20,22);3H,1-2H3;1-6H2,(H,8,9);9H,2,8H2,1H3;1H3;3*1H;/q;;;;;;;;;+3/p-3/t2*10-;;;3-;;;;;/m00..0...../s1. The number of carbonyl (C=O) groups is 3. The van der Waals surface area contributed by atoms with Crippen molar-refractivity contribution in [2.45, 2.75) is 87.5 Å². The minimum absolute atomic E-state index is 0.113. The molecule has 2 aliphatic rings. The van der Waals surface area contributed by atoms with E-state index in [1.807, 2.05) is 4.93 Å². The average molecular weight is 1960 g/mol. The molecule has 3 atom stereocenters. The molecule has 45 heteroatoms. The van der Waals surface area contributed by atoms with Gasteiger partial charge in [-0.25, -0.2) is 19.7 Å². The van der Waals surface area contributed by atoms with E-state index in [0.717, 1.165) is 53.6 Å². The summed E-state index contributed by atoms with van der Waals surface area (Å²) in [6, 6.07) is 1.61. The summed E-state index contributed by atoms with van der Waals surface area (Å²) in [4.78, 5) is 53.4. The number of nitrogens with two attached hydrogens (primary N) is 2. The molecule has 0 bridgehead atoms. The molecule has 10 N–H and O–H groups in total. The molecule has 3 aromatic heterocycles. The van der Waals surface area contributed by atoms with Crippen LogP contribution in [0.2, 0.25) is 0 Å². The van der Waals surface area contributed by atoms with Crippen LogP contribution in [-0.2, 0) is 28.2 Å². The number of aliphatic imine (C=N–C) groups is 1.